The molecule has 2 saturated heterocycles. The van der Waals surface area contributed by atoms with Gasteiger partial charge in [-0.2, -0.15) is 0 Å². The predicted octanol–water partition coefficient (Wildman–Crippen LogP) is 1.92. The van der Waals surface area contributed by atoms with Crippen molar-refractivity contribution in [3.63, 3.8) is 0 Å². The number of benzene rings is 1. The zero-order chi connectivity index (χ0) is 14.7. The number of ether oxygens (including phenoxy) is 1. The van der Waals surface area contributed by atoms with E-state index in [2.05, 4.69) is 5.32 Å². The van der Waals surface area contributed by atoms with E-state index in [0.29, 0.717) is 5.41 Å². The molecule has 2 aliphatic heterocycles. The van der Waals surface area contributed by atoms with Crippen LogP contribution in [0.15, 0.2) is 30.3 Å². The number of nitrogens with zero attached hydrogens (tertiary/aromatic N) is 1. The van der Waals surface area contributed by atoms with E-state index in [1.54, 1.807) is 13.2 Å². The fourth-order valence-electron chi connectivity index (χ4n) is 3.26. The van der Waals surface area contributed by atoms with Gasteiger partial charge in [-0.15, -0.1) is 0 Å². The molecule has 2 aliphatic rings. The summed E-state index contributed by atoms with van der Waals surface area (Å²) < 4.78 is 5.12. The summed E-state index contributed by atoms with van der Waals surface area (Å²) in [6, 6.07) is 7.71. The number of carbonyl (C=O) groups excluding carboxylic acids is 1. The van der Waals surface area contributed by atoms with Crippen molar-refractivity contribution in [2.45, 2.75) is 12.8 Å². The second kappa shape index (κ2) is 5.90. The van der Waals surface area contributed by atoms with Gasteiger partial charge in [0.05, 0.1) is 7.11 Å². The first kappa shape index (κ1) is 14.1. The highest BCUT2D eigenvalue weighted by molar-refractivity contribution is 5.92. The van der Waals surface area contributed by atoms with E-state index in [0.717, 1.165) is 43.9 Å². The molecule has 4 heteroatoms. The molecule has 1 amide bonds. The van der Waals surface area contributed by atoms with Crippen LogP contribution in [0.5, 0.6) is 5.75 Å². The van der Waals surface area contributed by atoms with Gasteiger partial charge in [0.2, 0.25) is 5.91 Å². The highest BCUT2D eigenvalue weighted by atomic mass is 16.5. The van der Waals surface area contributed by atoms with Crippen LogP contribution in [0.25, 0.3) is 6.08 Å². The van der Waals surface area contributed by atoms with Crippen LogP contribution in [0.1, 0.15) is 18.4 Å². The van der Waals surface area contributed by atoms with E-state index >= 15 is 0 Å². The Balaban J connectivity index is 1.59. The minimum absolute atomic E-state index is 0.120. The van der Waals surface area contributed by atoms with E-state index in [9.17, 15) is 4.79 Å². The zero-order valence-electron chi connectivity index (χ0n) is 12.5. The van der Waals surface area contributed by atoms with Crippen molar-refractivity contribution in [1.29, 1.82) is 0 Å². The molecule has 1 spiro atoms. The third-order valence-corrected chi connectivity index (χ3v) is 4.62. The molecule has 1 aromatic rings. The lowest BCUT2D eigenvalue weighted by Gasteiger charge is -2.22. The summed E-state index contributed by atoms with van der Waals surface area (Å²) in [5.41, 5.74) is 1.35. The number of carbonyl (C=O) groups is 1. The van der Waals surface area contributed by atoms with Gasteiger partial charge < -0.3 is 15.0 Å². The maximum absolute atomic E-state index is 12.3. The maximum Gasteiger partial charge on any atom is 0.246 e. The summed E-state index contributed by atoms with van der Waals surface area (Å²) >= 11 is 0. The van der Waals surface area contributed by atoms with Crippen molar-refractivity contribution in [3.8, 4) is 5.75 Å². The van der Waals surface area contributed by atoms with E-state index in [4.69, 9.17) is 4.74 Å². The Labute approximate surface area is 125 Å². The Morgan fingerprint density at radius 1 is 1.33 bits per heavy atom. The first-order chi connectivity index (χ1) is 10.2. The molecule has 2 fully saturated rings. The number of hydrogen-bond donors (Lipinski definition) is 1. The van der Waals surface area contributed by atoms with Gasteiger partial charge in [0.25, 0.3) is 0 Å². The number of likely N-dealkylation sites (tertiary alicyclic amines) is 1. The topological polar surface area (TPSA) is 41.6 Å². The van der Waals surface area contributed by atoms with Crippen molar-refractivity contribution < 1.29 is 9.53 Å². The molecule has 0 radical (unpaired) electrons. The van der Waals surface area contributed by atoms with E-state index in [1.807, 2.05) is 35.2 Å². The normalized spacial score (nSPS) is 25.1. The summed E-state index contributed by atoms with van der Waals surface area (Å²) in [5, 5.41) is 3.42. The molecule has 1 N–H and O–H groups in total. The van der Waals surface area contributed by atoms with Crippen LogP contribution in [0.2, 0.25) is 0 Å². The average molecular weight is 286 g/mol. The highest BCUT2D eigenvalue weighted by Crippen LogP contribution is 2.36. The standard InChI is InChI=1S/C17H22N2O2/c1-21-15-5-2-14(3-6-15)4-7-16(20)19-11-9-17(13-19)8-10-18-12-17/h2-7,18H,8-13H2,1H3/b7-4+/t17-/m0/s1. The van der Waals surface area contributed by atoms with Gasteiger partial charge in [0.15, 0.2) is 0 Å². The molecule has 4 nitrogen and oxygen atoms in total. The van der Waals surface area contributed by atoms with Gasteiger partial charge in [0, 0.05) is 31.1 Å². The van der Waals surface area contributed by atoms with Crippen LogP contribution in [0, 0.1) is 5.41 Å². The second-order valence-electron chi connectivity index (χ2n) is 6.04. The van der Waals surface area contributed by atoms with Gasteiger partial charge in [-0.1, -0.05) is 12.1 Å². The Hall–Kier alpha value is -1.81. The molecule has 112 valence electrons. The lowest BCUT2D eigenvalue weighted by Crippen LogP contribution is -2.32. The molecular formula is C17H22N2O2. The maximum atomic E-state index is 12.3. The van der Waals surface area contributed by atoms with Crippen molar-refractivity contribution in [1.82, 2.24) is 10.2 Å². The van der Waals surface area contributed by atoms with Gasteiger partial charge >= 0.3 is 0 Å². The minimum atomic E-state index is 0.120. The monoisotopic (exact) mass is 286 g/mol. The molecule has 21 heavy (non-hydrogen) atoms. The van der Waals surface area contributed by atoms with Gasteiger partial charge in [-0.05, 0) is 43.2 Å². The Bertz CT molecular complexity index is 530. The van der Waals surface area contributed by atoms with Gasteiger partial charge in [-0.25, -0.2) is 0 Å². The fourth-order valence-corrected chi connectivity index (χ4v) is 3.26. The Morgan fingerprint density at radius 3 is 2.81 bits per heavy atom. The largest absolute Gasteiger partial charge is 0.497 e. The quantitative estimate of drug-likeness (QED) is 0.863. The molecule has 1 atom stereocenters. The molecule has 0 aliphatic carbocycles. The van der Waals surface area contributed by atoms with Crippen LogP contribution in [-0.4, -0.2) is 44.1 Å². The van der Waals surface area contributed by atoms with Crippen LogP contribution < -0.4 is 10.1 Å². The van der Waals surface area contributed by atoms with Crippen LogP contribution >= 0.6 is 0 Å². The summed E-state index contributed by atoms with van der Waals surface area (Å²) in [6.45, 7) is 3.92. The first-order valence-corrected chi connectivity index (χ1v) is 7.53. The van der Waals surface area contributed by atoms with Crippen LogP contribution in [-0.2, 0) is 4.79 Å². The second-order valence-corrected chi connectivity index (χ2v) is 6.04. The molecule has 3 rings (SSSR count). The van der Waals surface area contributed by atoms with Crippen molar-refractivity contribution in [3.05, 3.63) is 35.9 Å². The number of amides is 1. The van der Waals surface area contributed by atoms with E-state index in [1.165, 1.54) is 6.42 Å². The number of nitrogens with one attached hydrogen (secondary N) is 1. The lowest BCUT2D eigenvalue weighted by atomic mass is 9.87. The average Bonchev–Trinajstić information content (AvgIpc) is 3.16. The number of methoxy groups -OCH3 is 1. The molecule has 2 heterocycles. The summed E-state index contributed by atoms with van der Waals surface area (Å²) in [4.78, 5) is 14.3. The summed E-state index contributed by atoms with van der Waals surface area (Å²) in [5.74, 6) is 0.947. The first-order valence-electron chi connectivity index (χ1n) is 7.53. The number of hydrogen-bond acceptors (Lipinski definition) is 3. The lowest BCUT2D eigenvalue weighted by molar-refractivity contribution is -0.125. The van der Waals surface area contributed by atoms with Crippen molar-refractivity contribution in [2.24, 2.45) is 5.41 Å². The summed E-state index contributed by atoms with van der Waals surface area (Å²) in [6.07, 6.45) is 5.88. The molecule has 0 unspecified atom stereocenters. The van der Waals surface area contributed by atoms with Crippen molar-refractivity contribution >= 4 is 12.0 Å². The minimum Gasteiger partial charge on any atom is -0.497 e. The summed E-state index contributed by atoms with van der Waals surface area (Å²) in [7, 11) is 1.65. The molecule has 0 aromatic heterocycles. The molecular weight excluding hydrogens is 264 g/mol. The molecule has 1 aromatic carbocycles. The van der Waals surface area contributed by atoms with Crippen LogP contribution in [0.3, 0.4) is 0 Å². The van der Waals surface area contributed by atoms with E-state index < -0.39 is 0 Å². The zero-order valence-corrected chi connectivity index (χ0v) is 12.5. The number of rotatable bonds is 3. The van der Waals surface area contributed by atoms with Crippen LogP contribution in [0.4, 0.5) is 0 Å². The highest BCUT2D eigenvalue weighted by Gasteiger charge is 2.41. The smallest absolute Gasteiger partial charge is 0.246 e. The fraction of sp³-hybridized carbons (Fsp3) is 0.471. The Kier molecular flexibility index (Phi) is 3.97. The van der Waals surface area contributed by atoms with E-state index in [-0.39, 0.29) is 5.91 Å². The third kappa shape index (κ3) is 3.10. The van der Waals surface area contributed by atoms with Gasteiger partial charge in [-0.3, -0.25) is 4.79 Å². The van der Waals surface area contributed by atoms with Gasteiger partial charge in [0.1, 0.15) is 5.75 Å². The van der Waals surface area contributed by atoms with Crippen molar-refractivity contribution in [2.75, 3.05) is 33.3 Å². The molecule has 0 saturated carbocycles. The predicted molar refractivity (Wildman–Crippen MR) is 83.1 cm³/mol. The molecule has 0 bridgehead atoms. The third-order valence-electron chi connectivity index (χ3n) is 4.62. The SMILES string of the molecule is COc1ccc(/C=C/C(=O)N2CC[C@]3(CCNC3)C2)cc1. The Morgan fingerprint density at radius 2 is 2.14 bits per heavy atom.